The summed E-state index contributed by atoms with van der Waals surface area (Å²) in [6.07, 6.45) is 1.98. The van der Waals surface area contributed by atoms with Crippen LogP contribution >= 0.6 is 0 Å². The van der Waals surface area contributed by atoms with Gasteiger partial charge in [-0.15, -0.1) is 0 Å². The average Bonchev–Trinajstić information content (AvgIpc) is 2.67. The summed E-state index contributed by atoms with van der Waals surface area (Å²) in [5, 5.41) is 3.14. The van der Waals surface area contributed by atoms with Gasteiger partial charge in [-0.1, -0.05) is 18.2 Å². The highest BCUT2D eigenvalue weighted by atomic mass is 16.5. The van der Waals surface area contributed by atoms with Crippen LogP contribution in [-0.4, -0.2) is 31.8 Å². The van der Waals surface area contributed by atoms with Gasteiger partial charge in [0.1, 0.15) is 12.4 Å². The molecule has 0 aromatic heterocycles. The van der Waals surface area contributed by atoms with Crippen molar-refractivity contribution >= 4 is 18.0 Å². The monoisotopic (exact) mass is 383 g/mol. The van der Waals surface area contributed by atoms with Gasteiger partial charge in [-0.2, -0.15) is 0 Å². The Morgan fingerprint density at radius 3 is 2.18 bits per heavy atom. The van der Waals surface area contributed by atoms with Gasteiger partial charge in [0.2, 0.25) is 0 Å². The Labute approximate surface area is 164 Å². The van der Waals surface area contributed by atoms with Crippen LogP contribution in [0.3, 0.4) is 0 Å². The van der Waals surface area contributed by atoms with Crippen molar-refractivity contribution in [2.75, 3.05) is 19.8 Å². The van der Waals surface area contributed by atoms with Crippen LogP contribution in [-0.2, 0) is 19.1 Å². The van der Waals surface area contributed by atoms with E-state index in [-0.39, 0.29) is 19.8 Å². The molecule has 0 bridgehead atoms. The number of carbonyl (C=O) groups is 2. The average molecular weight is 383 g/mol. The van der Waals surface area contributed by atoms with E-state index in [1.54, 1.807) is 13.8 Å². The molecule has 0 radical (unpaired) electrons. The fourth-order valence-corrected chi connectivity index (χ4v) is 3.62. The van der Waals surface area contributed by atoms with Gasteiger partial charge in [-0.05, 0) is 45.4 Å². The molecule has 0 amide bonds. The van der Waals surface area contributed by atoms with Gasteiger partial charge in [0.15, 0.2) is 0 Å². The molecule has 1 aromatic carbocycles. The first kappa shape index (κ1) is 19.7. The van der Waals surface area contributed by atoms with E-state index in [0.29, 0.717) is 22.5 Å². The van der Waals surface area contributed by atoms with Crippen LogP contribution in [0.5, 0.6) is 5.75 Å². The molecule has 0 fully saturated rings. The molecule has 0 unspecified atom stereocenters. The number of benzene rings is 1. The van der Waals surface area contributed by atoms with Gasteiger partial charge >= 0.3 is 11.9 Å². The number of para-hydroxylation sites is 1. The maximum Gasteiger partial charge on any atom is 0.336 e. The van der Waals surface area contributed by atoms with E-state index in [0.717, 1.165) is 16.9 Å². The number of hydrogen-bond acceptors (Lipinski definition) is 6. The minimum atomic E-state index is -0.590. The molecule has 6 heteroatoms. The Balaban J connectivity index is 2.14. The number of dihydropyridines is 1. The molecule has 6 nitrogen and oxygen atoms in total. The van der Waals surface area contributed by atoms with Gasteiger partial charge in [0, 0.05) is 17.0 Å². The zero-order chi connectivity index (χ0) is 20.3. The Hall–Kier alpha value is -3.02. The first-order valence-corrected chi connectivity index (χ1v) is 9.43. The lowest BCUT2D eigenvalue weighted by atomic mass is 9.79. The van der Waals surface area contributed by atoms with E-state index in [1.165, 1.54) is 0 Å². The largest absolute Gasteiger partial charge is 0.489 e. The molecule has 28 heavy (non-hydrogen) atoms. The second-order valence-corrected chi connectivity index (χ2v) is 6.62. The van der Waals surface area contributed by atoms with Crippen molar-refractivity contribution in [2.24, 2.45) is 5.92 Å². The number of fused-ring (bicyclic) bond motifs is 1. The van der Waals surface area contributed by atoms with Crippen LogP contribution in [0.1, 0.15) is 33.3 Å². The molecule has 2 aliphatic heterocycles. The van der Waals surface area contributed by atoms with E-state index in [2.05, 4.69) is 5.32 Å². The Kier molecular flexibility index (Phi) is 5.87. The van der Waals surface area contributed by atoms with Gasteiger partial charge in [0.05, 0.1) is 30.3 Å². The summed E-state index contributed by atoms with van der Waals surface area (Å²) in [6.45, 7) is 7.90. The van der Waals surface area contributed by atoms with Crippen molar-refractivity contribution in [2.45, 2.75) is 27.7 Å². The normalized spacial score (nSPS) is 16.6. The lowest BCUT2D eigenvalue weighted by molar-refractivity contribution is -0.139. The summed E-state index contributed by atoms with van der Waals surface area (Å²) >= 11 is 0. The Bertz CT molecular complexity index is 854. The molecule has 0 aliphatic carbocycles. The van der Waals surface area contributed by atoms with Gasteiger partial charge < -0.3 is 19.5 Å². The van der Waals surface area contributed by atoms with E-state index in [1.807, 2.05) is 44.2 Å². The molecule has 0 saturated carbocycles. The third-order valence-electron chi connectivity index (χ3n) is 4.78. The van der Waals surface area contributed by atoms with Crippen molar-refractivity contribution in [1.82, 2.24) is 5.32 Å². The van der Waals surface area contributed by atoms with Crippen molar-refractivity contribution in [3.05, 3.63) is 57.9 Å². The van der Waals surface area contributed by atoms with E-state index in [9.17, 15) is 9.59 Å². The zero-order valence-electron chi connectivity index (χ0n) is 16.6. The molecule has 2 heterocycles. The fraction of sp³-hybridized carbons (Fsp3) is 0.364. The number of carbonyl (C=O) groups excluding carboxylic acids is 2. The highest BCUT2D eigenvalue weighted by molar-refractivity contribution is 5.99. The summed E-state index contributed by atoms with van der Waals surface area (Å²) in [7, 11) is 0. The van der Waals surface area contributed by atoms with E-state index >= 15 is 0 Å². The standard InChI is InChI=1S/C22H25NO5/c1-5-26-21(24)18-13(3)23-14(4)19(22(25)27-6-2)20(18)16-11-15-9-7-8-10-17(15)28-12-16/h7-11,20,23H,5-6,12H2,1-4H3. The minimum Gasteiger partial charge on any atom is -0.489 e. The Morgan fingerprint density at radius 1 is 1.04 bits per heavy atom. The van der Waals surface area contributed by atoms with Crippen LogP contribution in [0.2, 0.25) is 0 Å². The molecule has 2 aliphatic rings. The maximum absolute atomic E-state index is 12.8. The number of ether oxygens (including phenoxy) is 3. The van der Waals surface area contributed by atoms with Crippen LogP contribution in [0.15, 0.2) is 52.4 Å². The number of nitrogens with one attached hydrogen (secondary N) is 1. The van der Waals surface area contributed by atoms with Crippen molar-refractivity contribution in [3.8, 4) is 5.75 Å². The first-order valence-electron chi connectivity index (χ1n) is 9.43. The summed E-state index contributed by atoms with van der Waals surface area (Å²) in [6, 6.07) is 7.66. The predicted molar refractivity (Wildman–Crippen MR) is 105 cm³/mol. The van der Waals surface area contributed by atoms with Crippen LogP contribution in [0.4, 0.5) is 0 Å². The van der Waals surface area contributed by atoms with Gasteiger partial charge in [0.25, 0.3) is 0 Å². The third kappa shape index (κ3) is 3.67. The highest BCUT2D eigenvalue weighted by Crippen LogP contribution is 2.40. The molecule has 0 saturated heterocycles. The van der Waals surface area contributed by atoms with Gasteiger partial charge in [-0.3, -0.25) is 0 Å². The summed E-state index contributed by atoms with van der Waals surface area (Å²) < 4.78 is 16.5. The van der Waals surface area contributed by atoms with Gasteiger partial charge in [-0.25, -0.2) is 9.59 Å². The molecule has 0 atom stereocenters. The fourth-order valence-electron chi connectivity index (χ4n) is 3.62. The summed E-state index contributed by atoms with van der Waals surface area (Å²) in [5.41, 5.74) is 3.85. The molecule has 0 spiro atoms. The van der Waals surface area contributed by atoms with Crippen molar-refractivity contribution in [3.63, 3.8) is 0 Å². The number of allylic oxidation sites excluding steroid dienone is 2. The highest BCUT2D eigenvalue weighted by Gasteiger charge is 2.39. The van der Waals surface area contributed by atoms with Crippen LogP contribution < -0.4 is 10.1 Å². The quantitative estimate of drug-likeness (QED) is 0.786. The predicted octanol–water partition coefficient (Wildman–Crippen LogP) is 3.36. The molecular formula is C22H25NO5. The topological polar surface area (TPSA) is 73.9 Å². The molecule has 148 valence electrons. The molecule has 1 aromatic rings. The SMILES string of the molecule is CCOC(=O)C1=C(C)NC(C)=C(C(=O)OCC)C1C1=Cc2ccccc2OC1. The van der Waals surface area contributed by atoms with Crippen LogP contribution in [0.25, 0.3) is 6.08 Å². The molecule has 1 N–H and O–H groups in total. The lowest BCUT2D eigenvalue weighted by Gasteiger charge is -2.33. The second kappa shape index (κ2) is 8.33. The zero-order valence-corrected chi connectivity index (χ0v) is 16.6. The maximum atomic E-state index is 12.8. The summed E-state index contributed by atoms with van der Waals surface area (Å²) in [4.78, 5) is 25.6. The molecule has 3 rings (SSSR count). The third-order valence-corrected chi connectivity index (χ3v) is 4.78. The number of hydrogen-bond donors (Lipinski definition) is 1. The summed E-state index contributed by atoms with van der Waals surface area (Å²) in [5.74, 6) is -0.720. The minimum absolute atomic E-state index is 0.248. The number of esters is 2. The lowest BCUT2D eigenvalue weighted by Crippen LogP contribution is -2.36. The van der Waals surface area contributed by atoms with Crippen LogP contribution in [0, 0.1) is 5.92 Å². The van der Waals surface area contributed by atoms with Crippen molar-refractivity contribution < 1.29 is 23.8 Å². The number of rotatable bonds is 5. The Morgan fingerprint density at radius 2 is 1.61 bits per heavy atom. The van der Waals surface area contributed by atoms with Crippen molar-refractivity contribution in [1.29, 1.82) is 0 Å². The second-order valence-electron chi connectivity index (χ2n) is 6.62. The van der Waals surface area contributed by atoms with E-state index < -0.39 is 17.9 Å². The smallest absolute Gasteiger partial charge is 0.336 e. The van der Waals surface area contributed by atoms with E-state index in [4.69, 9.17) is 14.2 Å². The molecular weight excluding hydrogens is 358 g/mol. The first-order chi connectivity index (χ1) is 13.5.